The molecule has 15 heteroatoms. The molecule has 2 aliphatic heterocycles. The Morgan fingerprint density at radius 2 is 1.84 bits per heavy atom. The van der Waals surface area contributed by atoms with Crippen LogP contribution in [0.15, 0.2) is 42.2 Å². The number of amides is 2. The Morgan fingerprint density at radius 1 is 1.10 bits per heavy atom. The fourth-order valence-electron chi connectivity index (χ4n) is 5.76. The van der Waals surface area contributed by atoms with Crippen LogP contribution in [0, 0.1) is 5.82 Å². The van der Waals surface area contributed by atoms with Crippen LogP contribution in [0.5, 0.6) is 5.75 Å². The second kappa shape index (κ2) is 20.5. The van der Waals surface area contributed by atoms with Crippen molar-refractivity contribution in [2.24, 2.45) is 11.6 Å². The fraction of sp³-hybridized carbons (Fsp3) is 0.571. The molecule has 0 aliphatic carbocycles. The highest BCUT2D eigenvalue weighted by Gasteiger charge is 2.35. The Bertz CT molecular complexity index is 1420. The number of benzene rings is 1. The van der Waals surface area contributed by atoms with Crippen molar-refractivity contribution < 1.29 is 38.0 Å². The number of nitrogens with zero attached hydrogens (tertiary/aromatic N) is 4. The quantitative estimate of drug-likeness (QED) is 0.0757. The molecule has 0 saturated carbocycles. The van der Waals surface area contributed by atoms with Gasteiger partial charge in [-0.1, -0.05) is 19.1 Å². The van der Waals surface area contributed by atoms with Gasteiger partial charge in [0.2, 0.25) is 0 Å². The van der Waals surface area contributed by atoms with Gasteiger partial charge in [0.05, 0.1) is 58.6 Å². The van der Waals surface area contributed by atoms with Gasteiger partial charge in [-0.3, -0.25) is 4.79 Å². The number of hydrogen-bond donors (Lipinski definition) is 4. The lowest BCUT2D eigenvalue weighted by Crippen LogP contribution is -2.36. The Kier molecular flexibility index (Phi) is 15.8. The van der Waals surface area contributed by atoms with E-state index in [1.54, 1.807) is 17.2 Å². The second-order valence-electron chi connectivity index (χ2n) is 12.2. The van der Waals surface area contributed by atoms with Crippen molar-refractivity contribution >= 4 is 17.8 Å². The van der Waals surface area contributed by atoms with Gasteiger partial charge in [-0.25, -0.2) is 20.0 Å². The minimum absolute atomic E-state index is 0.0177. The van der Waals surface area contributed by atoms with Gasteiger partial charge >= 0.3 is 12.0 Å². The zero-order chi connectivity index (χ0) is 35.7. The maximum absolute atomic E-state index is 15.1. The maximum atomic E-state index is 15.1. The van der Waals surface area contributed by atoms with Gasteiger partial charge in [0.25, 0.3) is 0 Å². The van der Waals surface area contributed by atoms with E-state index >= 15 is 4.39 Å². The number of fused-ring (bicyclic) bond motifs is 1. The third-order valence-electron chi connectivity index (χ3n) is 8.49. The molecule has 1 aromatic carbocycles. The molecule has 3 heterocycles. The zero-order valence-corrected chi connectivity index (χ0v) is 29.0. The maximum Gasteiger partial charge on any atom is 0.320 e. The fourth-order valence-corrected chi connectivity index (χ4v) is 5.76. The van der Waals surface area contributed by atoms with E-state index in [9.17, 15) is 14.7 Å². The number of urea groups is 1. The highest BCUT2D eigenvalue weighted by Crippen LogP contribution is 2.31. The first-order valence-electron chi connectivity index (χ1n) is 17.4. The molecule has 2 aliphatic rings. The normalized spacial score (nSPS) is 15.2. The summed E-state index contributed by atoms with van der Waals surface area (Å²) in [7, 11) is 0. The number of carboxylic acid groups (broad SMARTS) is 1. The van der Waals surface area contributed by atoms with E-state index in [1.165, 1.54) is 27.6 Å². The molecule has 0 spiro atoms. The number of nitrogens with two attached hydrogens (primary N) is 2. The van der Waals surface area contributed by atoms with Gasteiger partial charge in [0, 0.05) is 43.8 Å². The number of aliphatic carboxylic acids is 1. The Labute approximate surface area is 293 Å². The molecule has 276 valence electrons. The van der Waals surface area contributed by atoms with Gasteiger partial charge in [0.1, 0.15) is 12.4 Å². The summed E-state index contributed by atoms with van der Waals surface area (Å²) in [5, 5.41) is 14.5. The standard InChI is InChI=1S/C35H52FN7O7/c1-2-28(37)25-42(38)15-16-47-17-18-48-19-20-49-21-22-50-32-10-8-27(23-30(32)36)31(24-33(44)45)43-14-13-41(35(43)46)12-4-6-29-9-7-26-5-3-11-39-34(26)40-29/h7-10,23,25,31H,2-6,11-22,24,37-38H2,1H3,(H,39,40)(H,44,45)/b28-25-/t31-/m0/s1. The predicted molar refractivity (Wildman–Crippen MR) is 186 cm³/mol. The number of aryl methyl sites for hydroxylation is 2. The van der Waals surface area contributed by atoms with Gasteiger partial charge in [-0.15, -0.1) is 0 Å². The monoisotopic (exact) mass is 701 g/mol. The Hall–Kier alpha value is -4.18. The molecule has 0 unspecified atom stereocenters. The van der Waals surface area contributed by atoms with E-state index in [-0.39, 0.29) is 31.4 Å². The Morgan fingerprint density at radius 3 is 2.56 bits per heavy atom. The topological polar surface area (TPSA) is 178 Å². The second-order valence-corrected chi connectivity index (χ2v) is 12.2. The van der Waals surface area contributed by atoms with Crippen LogP contribution in [0.25, 0.3) is 0 Å². The first-order valence-corrected chi connectivity index (χ1v) is 17.4. The lowest BCUT2D eigenvalue weighted by molar-refractivity contribution is -0.138. The zero-order valence-electron chi connectivity index (χ0n) is 29.0. The number of nitrogens with one attached hydrogen (secondary N) is 1. The van der Waals surface area contributed by atoms with E-state index < -0.39 is 17.8 Å². The number of hydrazine groups is 1. The van der Waals surface area contributed by atoms with Gasteiger partial charge < -0.3 is 49.9 Å². The van der Waals surface area contributed by atoms with E-state index in [0.717, 1.165) is 50.2 Å². The Balaban J connectivity index is 1.14. The van der Waals surface area contributed by atoms with Crippen LogP contribution in [-0.2, 0) is 31.8 Å². The highest BCUT2D eigenvalue weighted by molar-refractivity contribution is 5.78. The molecule has 1 saturated heterocycles. The van der Waals surface area contributed by atoms with Crippen molar-refractivity contribution in [2.75, 3.05) is 84.3 Å². The summed E-state index contributed by atoms with van der Waals surface area (Å²) in [6.45, 7) is 7.05. The molecule has 14 nitrogen and oxygen atoms in total. The minimum atomic E-state index is -1.08. The molecule has 1 fully saturated rings. The largest absolute Gasteiger partial charge is 0.488 e. The van der Waals surface area contributed by atoms with Crippen LogP contribution in [0.3, 0.4) is 0 Å². The molecule has 6 N–H and O–H groups in total. The van der Waals surface area contributed by atoms with Gasteiger partial charge in [-0.2, -0.15) is 0 Å². The summed E-state index contributed by atoms with van der Waals surface area (Å²) >= 11 is 0. The third kappa shape index (κ3) is 12.3. The molecule has 2 amide bonds. The molecular weight excluding hydrogens is 649 g/mol. The average Bonchev–Trinajstić information content (AvgIpc) is 3.47. The lowest BCUT2D eigenvalue weighted by Gasteiger charge is -2.27. The number of aromatic nitrogens is 1. The van der Waals surface area contributed by atoms with Crippen molar-refractivity contribution in [3.05, 3.63) is 64.9 Å². The van der Waals surface area contributed by atoms with Crippen LogP contribution < -0.4 is 21.6 Å². The van der Waals surface area contributed by atoms with Crippen LogP contribution in [0.4, 0.5) is 15.0 Å². The van der Waals surface area contributed by atoms with Crippen LogP contribution in [0.2, 0.25) is 0 Å². The van der Waals surface area contributed by atoms with Crippen LogP contribution in [-0.4, -0.2) is 116 Å². The summed E-state index contributed by atoms with van der Waals surface area (Å²) < 4.78 is 37.1. The number of carboxylic acids is 1. The molecule has 0 bridgehead atoms. The van der Waals surface area contributed by atoms with Crippen LogP contribution >= 0.6 is 0 Å². The summed E-state index contributed by atoms with van der Waals surface area (Å²) in [6.07, 6.45) is 5.65. The predicted octanol–water partition coefficient (Wildman–Crippen LogP) is 3.28. The molecule has 50 heavy (non-hydrogen) atoms. The minimum Gasteiger partial charge on any atom is -0.488 e. The number of anilines is 1. The van der Waals surface area contributed by atoms with Crippen molar-refractivity contribution in [3.8, 4) is 5.75 Å². The van der Waals surface area contributed by atoms with Crippen molar-refractivity contribution in [3.63, 3.8) is 0 Å². The van der Waals surface area contributed by atoms with E-state index in [1.807, 2.05) is 13.0 Å². The molecule has 2 aromatic rings. The number of hydrogen-bond acceptors (Lipinski definition) is 11. The average molecular weight is 702 g/mol. The summed E-state index contributed by atoms with van der Waals surface area (Å²) in [5.74, 6) is 5.05. The number of carbonyl (C=O) groups is 2. The molecule has 1 atom stereocenters. The van der Waals surface area contributed by atoms with E-state index in [4.69, 9.17) is 35.5 Å². The summed E-state index contributed by atoms with van der Waals surface area (Å²) in [6, 6.07) is 7.40. The first kappa shape index (κ1) is 38.6. The third-order valence-corrected chi connectivity index (χ3v) is 8.49. The number of ether oxygens (including phenoxy) is 4. The number of carbonyl (C=O) groups excluding carboxylic acids is 1. The smallest absolute Gasteiger partial charge is 0.320 e. The number of pyridine rings is 1. The van der Waals surface area contributed by atoms with Crippen molar-refractivity contribution in [2.45, 2.75) is 51.5 Å². The van der Waals surface area contributed by atoms with Gasteiger partial charge in [0.15, 0.2) is 11.6 Å². The summed E-state index contributed by atoms with van der Waals surface area (Å²) in [5.41, 5.74) is 9.04. The number of allylic oxidation sites excluding steroid dienone is 1. The number of rotatable bonds is 23. The molecule has 4 rings (SSSR count). The highest BCUT2D eigenvalue weighted by atomic mass is 19.1. The van der Waals surface area contributed by atoms with Crippen molar-refractivity contribution in [1.29, 1.82) is 0 Å². The number of halogens is 1. The summed E-state index contributed by atoms with van der Waals surface area (Å²) in [4.78, 5) is 33.1. The van der Waals surface area contributed by atoms with E-state index in [0.29, 0.717) is 70.5 Å². The van der Waals surface area contributed by atoms with Crippen LogP contribution in [0.1, 0.15) is 55.5 Å². The van der Waals surface area contributed by atoms with E-state index in [2.05, 4.69) is 11.4 Å². The first-order chi connectivity index (χ1) is 24.2. The van der Waals surface area contributed by atoms with Crippen molar-refractivity contribution in [1.82, 2.24) is 19.8 Å². The lowest BCUT2D eigenvalue weighted by atomic mass is 10.0. The SMILES string of the molecule is CC/C(N)=C/N(N)CCOCCOCCOCCOc1ccc([C@H](CC(=O)O)N2CCN(CCCc3ccc4c(n3)NCCC4)C2=O)cc1F. The van der Waals surface area contributed by atoms with Gasteiger partial charge in [-0.05, 0) is 61.4 Å². The molecule has 0 radical (unpaired) electrons. The molecular formula is C35H52FN7O7. The molecule has 1 aromatic heterocycles.